The fraction of sp³-hybridized carbons (Fsp3) is 0.409. The molecule has 11 heteroatoms. The van der Waals surface area contributed by atoms with Gasteiger partial charge in [0.1, 0.15) is 5.75 Å². The molecule has 2 aromatic rings. The first-order valence-electron chi connectivity index (χ1n) is 10.6. The molecule has 0 aliphatic carbocycles. The summed E-state index contributed by atoms with van der Waals surface area (Å²) in [5.41, 5.74) is 0.654. The van der Waals surface area contributed by atoms with Crippen LogP contribution >= 0.6 is 0 Å². The van der Waals surface area contributed by atoms with Crippen LogP contribution in [0.3, 0.4) is 0 Å². The molecule has 0 atom stereocenters. The van der Waals surface area contributed by atoms with Crippen molar-refractivity contribution in [1.29, 1.82) is 0 Å². The highest BCUT2D eigenvalue weighted by Gasteiger charge is 2.26. The molecule has 0 aromatic heterocycles. The molecule has 0 spiro atoms. The third kappa shape index (κ3) is 5.99. The number of nitro groups is 1. The van der Waals surface area contributed by atoms with Gasteiger partial charge in [-0.05, 0) is 49.6 Å². The average molecular weight is 478 g/mol. The number of carbonyl (C=O) groups is 1. The Morgan fingerprint density at radius 2 is 1.79 bits per heavy atom. The van der Waals surface area contributed by atoms with E-state index in [1.165, 1.54) is 41.7 Å². The number of methoxy groups -OCH3 is 1. The predicted molar refractivity (Wildman–Crippen MR) is 122 cm³/mol. The first-order valence-corrected chi connectivity index (χ1v) is 12.0. The lowest BCUT2D eigenvalue weighted by molar-refractivity contribution is -0.385. The molecular formula is C22H27N3O7S. The summed E-state index contributed by atoms with van der Waals surface area (Å²) in [4.78, 5) is 23.2. The fourth-order valence-electron chi connectivity index (χ4n) is 3.59. The van der Waals surface area contributed by atoms with E-state index in [0.29, 0.717) is 13.1 Å². The van der Waals surface area contributed by atoms with E-state index < -0.39 is 27.5 Å². The van der Waals surface area contributed by atoms with Crippen LogP contribution in [0.25, 0.3) is 0 Å². The number of carbonyl (C=O) groups excluding carboxylic acids is 1. The zero-order valence-corrected chi connectivity index (χ0v) is 19.4. The summed E-state index contributed by atoms with van der Waals surface area (Å²) >= 11 is 0. The Bertz CT molecular complexity index is 1130. The Labute approximate surface area is 192 Å². The predicted octanol–water partition coefficient (Wildman–Crippen LogP) is 3.49. The van der Waals surface area contributed by atoms with Gasteiger partial charge in [-0.15, -0.1) is 0 Å². The molecular weight excluding hydrogens is 450 g/mol. The van der Waals surface area contributed by atoms with Crippen molar-refractivity contribution in [3.63, 3.8) is 0 Å². The number of anilines is 1. The SMILES string of the molecule is COc1ccc(S(=O)(=O)N2CCCCCC2)cc1NC(=O)COc1cc(C)ccc1[N+](=O)[O-]. The molecule has 3 rings (SSSR count). The zero-order chi connectivity index (χ0) is 24.0. The van der Waals surface area contributed by atoms with E-state index in [0.717, 1.165) is 31.2 Å². The van der Waals surface area contributed by atoms with E-state index in [4.69, 9.17) is 9.47 Å². The number of benzene rings is 2. The number of hydrogen-bond acceptors (Lipinski definition) is 7. The quantitative estimate of drug-likeness (QED) is 0.455. The van der Waals surface area contributed by atoms with Crippen molar-refractivity contribution in [2.45, 2.75) is 37.5 Å². The van der Waals surface area contributed by atoms with E-state index in [-0.39, 0.29) is 27.8 Å². The lowest BCUT2D eigenvalue weighted by Crippen LogP contribution is -2.32. The van der Waals surface area contributed by atoms with Crippen molar-refractivity contribution < 1.29 is 27.6 Å². The third-order valence-corrected chi connectivity index (χ3v) is 7.21. The van der Waals surface area contributed by atoms with Crippen molar-refractivity contribution in [2.75, 3.05) is 32.1 Å². The summed E-state index contributed by atoms with van der Waals surface area (Å²) in [5.74, 6) is -0.368. The number of sulfonamides is 1. The zero-order valence-electron chi connectivity index (χ0n) is 18.6. The molecule has 1 aliphatic rings. The molecule has 0 unspecified atom stereocenters. The number of nitro benzene ring substituents is 1. The van der Waals surface area contributed by atoms with Crippen molar-refractivity contribution >= 4 is 27.3 Å². The van der Waals surface area contributed by atoms with Crippen LogP contribution in [0.5, 0.6) is 11.5 Å². The average Bonchev–Trinajstić information content (AvgIpc) is 3.08. The molecule has 0 saturated carbocycles. The summed E-state index contributed by atoms with van der Waals surface area (Å²) in [6.45, 7) is 2.16. The van der Waals surface area contributed by atoms with Gasteiger partial charge in [0, 0.05) is 19.2 Å². The van der Waals surface area contributed by atoms with Gasteiger partial charge in [0.25, 0.3) is 5.91 Å². The van der Waals surface area contributed by atoms with Gasteiger partial charge in [-0.1, -0.05) is 18.9 Å². The Hall–Kier alpha value is -3.18. The lowest BCUT2D eigenvalue weighted by atomic mass is 10.2. The van der Waals surface area contributed by atoms with Crippen LogP contribution in [0.2, 0.25) is 0 Å². The lowest BCUT2D eigenvalue weighted by Gasteiger charge is -2.21. The van der Waals surface area contributed by atoms with Gasteiger partial charge in [0.2, 0.25) is 10.0 Å². The smallest absolute Gasteiger partial charge is 0.310 e. The van der Waals surface area contributed by atoms with Crippen molar-refractivity contribution in [2.24, 2.45) is 0 Å². The molecule has 1 fully saturated rings. The van der Waals surface area contributed by atoms with E-state index in [1.54, 1.807) is 13.0 Å². The highest BCUT2D eigenvalue weighted by molar-refractivity contribution is 7.89. The van der Waals surface area contributed by atoms with Gasteiger partial charge >= 0.3 is 5.69 Å². The number of amides is 1. The minimum Gasteiger partial charge on any atom is -0.495 e. The minimum absolute atomic E-state index is 0.0281. The summed E-state index contributed by atoms with van der Waals surface area (Å²) in [7, 11) is -2.32. The van der Waals surface area contributed by atoms with Crippen LogP contribution in [-0.4, -0.2) is 50.4 Å². The maximum atomic E-state index is 13.1. The largest absolute Gasteiger partial charge is 0.495 e. The van der Waals surface area contributed by atoms with E-state index >= 15 is 0 Å². The maximum Gasteiger partial charge on any atom is 0.310 e. The molecule has 1 aliphatic heterocycles. The Kier molecular flexibility index (Phi) is 7.88. The van der Waals surface area contributed by atoms with E-state index in [9.17, 15) is 23.3 Å². The molecule has 33 heavy (non-hydrogen) atoms. The van der Waals surface area contributed by atoms with Gasteiger partial charge in [-0.25, -0.2) is 8.42 Å². The summed E-state index contributed by atoms with van der Waals surface area (Å²) in [6, 6.07) is 8.63. The molecule has 1 heterocycles. The van der Waals surface area contributed by atoms with Crippen LogP contribution in [0.4, 0.5) is 11.4 Å². The van der Waals surface area contributed by atoms with Crippen molar-refractivity contribution in [1.82, 2.24) is 4.31 Å². The Morgan fingerprint density at radius 1 is 1.09 bits per heavy atom. The molecule has 0 bridgehead atoms. The highest BCUT2D eigenvalue weighted by atomic mass is 32.2. The first-order chi connectivity index (χ1) is 15.7. The summed E-state index contributed by atoms with van der Waals surface area (Å²) < 4.78 is 38.3. The topological polar surface area (TPSA) is 128 Å². The van der Waals surface area contributed by atoms with Gasteiger partial charge < -0.3 is 14.8 Å². The number of nitrogens with zero attached hydrogens (tertiary/aromatic N) is 2. The van der Waals surface area contributed by atoms with Crippen LogP contribution in [0, 0.1) is 17.0 Å². The highest BCUT2D eigenvalue weighted by Crippen LogP contribution is 2.31. The number of ether oxygens (including phenoxy) is 2. The summed E-state index contributed by atoms with van der Waals surface area (Å²) in [5, 5.41) is 13.8. The Balaban J connectivity index is 1.77. The van der Waals surface area contributed by atoms with Gasteiger partial charge in [0.05, 0.1) is 22.6 Å². The van der Waals surface area contributed by atoms with E-state index in [1.807, 2.05) is 0 Å². The molecule has 0 radical (unpaired) electrons. The molecule has 1 amide bonds. The number of rotatable bonds is 8. The maximum absolute atomic E-state index is 13.1. The second-order valence-corrected chi connectivity index (χ2v) is 9.68. The van der Waals surface area contributed by atoms with Crippen LogP contribution in [-0.2, 0) is 14.8 Å². The molecule has 1 N–H and O–H groups in total. The van der Waals surface area contributed by atoms with Crippen molar-refractivity contribution in [3.8, 4) is 11.5 Å². The Morgan fingerprint density at radius 3 is 2.42 bits per heavy atom. The minimum atomic E-state index is -3.72. The molecule has 10 nitrogen and oxygen atoms in total. The van der Waals surface area contributed by atoms with Crippen molar-refractivity contribution in [3.05, 3.63) is 52.1 Å². The first kappa shape index (κ1) is 24.5. The van der Waals surface area contributed by atoms with E-state index in [2.05, 4.69) is 5.32 Å². The summed E-state index contributed by atoms with van der Waals surface area (Å²) in [6.07, 6.45) is 3.60. The monoisotopic (exact) mass is 477 g/mol. The van der Waals surface area contributed by atoms with Crippen LogP contribution in [0.15, 0.2) is 41.3 Å². The number of aryl methyl sites for hydroxylation is 1. The molecule has 1 saturated heterocycles. The van der Waals surface area contributed by atoms with Crippen LogP contribution in [0.1, 0.15) is 31.2 Å². The molecule has 2 aromatic carbocycles. The fourth-order valence-corrected chi connectivity index (χ4v) is 5.14. The van der Waals surface area contributed by atoms with Crippen LogP contribution < -0.4 is 14.8 Å². The number of hydrogen-bond donors (Lipinski definition) is 1. The standard InChI is InChI=1S/C22H27N3O7S/c1-16-7-9-19(25(27)28)21(13-16)32-15-22(26)23-18-14-17(8-10-20(18)31-2)33(29,30)24-11-5-3-4-6-12-24/h7-10,13-14H,3-6,11-12,15H2,1-2H3,(H,23,26). The van der Waals surface area contributed by atoms with Gasteiger partial charge in [-0.3, -0.25) is 14.9 Å². The van der Waals surface area contributed by atoms with Gasteiger partial charge in [-0.2, -0.15) is 4.31 Å². The third-order valence-electron chi connectivity index (χ3n) is 5.32. The number of nitrogens with one attached hydrogen (secondary N) is 1. The second kappa shape index (κ2) is 10.6. The van der Waals surface area contributed by atoms with Gasteiger partial charge in [0.15, 0.2) is 12.4 Å². The molecule has 178 valence electrons. The normalized spacial score (nSPS) is 14.8. The second-order valence-electron chi connectivity index (χ2n) is 7.75.